The molecule has 0 radical (unpaired) electrons. The number of aryl methyl sites for hydroxylation is 1. The first-order chi connectivity index (χ1) is 8.05. The number of aromatic nitrogens is 1. The Morgan fingerprint density at radius 3 is 2.94 bits per heavy atom. The molecule has 17 heavy (non-hydrogen) atoms. The van der Waals surface area contributed by atoms with Crippen LogP contribution in [0.4, 0.5) is 0 Å². The van der Waals surface area contributed by atoms with E-state index in [1.807, 2.05) is 25.1 Å². The second kappa shape index (κ2) is 5.14. The van der Waals surface area contributed by atoms with Crippen molar-refractivity contribution in [3.05, 3.63) is 29.6 Å². The fraction of sp³-hybridized carbons (Fsp3) is 0.583. The van der Waals surface area contributed by atoms with Gasteiger partial charge in [0, 0.05) is 12.2 Å². The molecule has 1 fully saturated rings. The summed E-state index contributed by atoms with van der Waals surface area (Å²) in [5.74, 6) is 0.952. The first-order valence-electron chi connectivity index (χ1n) is 5.89. The Morgan fingerprint density at radius 1 is 1.47 bits per heavy atom. The number of nitrogens with zero attached hydrogens (tertiary/aromatic N) is 1. The second-order valence-corrected chi connectivity index (χ2v) is 6.90. The highest BCUT2D eigenvalue weighted by Crippen LogP contribution is 2.17. The third-order valence-corrected chi connectivity index (χ3v) is 4.85. The summed E-state index contributed by atoms with van der Waals surface area (Å²) in [5, 5.41) is 3.28. The molecule has 0 spiro atoms. The van der Waals surface area contributed by atoms with Crippen molar-refractivity contribution in [2.24, 2.45) is 5.92 Å². The van der Waals surface area contributed by atoms with E-state index in [1.165, 1.54) is 0 Å². The van der Waals surface area contributed by atoms with Crippen molar-refractivity contribution in [2.75, 3.05) is 18.1 Å². The minimum atomic E-state index is -2.75. The third kappa shape index (κ3) is 3.78. The maximum Gasteiger partial charge on any atom is 0.150 e. The molecule has 1 saturated heterocycles. The van der Waals surface area contributed by atoms with Gasteiger partial charge in [-0.1, -0.05) is 6.07 Å². The summed E-state index contributed by atoms with van der Waals surface area (Å²) in [4.78, 5) is 4.39. The molecule has 1 atom stereocenters. The molecule has 1 aromatic heterocycles. The van der Waals surface area contributed by atoms with Gasteiger partial charge in [-0.05, 0) is 37.9 Å². The van der Waals surface area contributed by atoms with E-state index in [9.17, 15) is 8.42 Å². The zero-order valence-electron chi connectivity index (χ0n) is 10.0. The lowest BCUT2D eigenvalue weighted by Crippen LogP contribution is -2.23. The van der Waals surface area contributed by atoms with Crippen LogP contribution in [0.2, 0.25) is 0 Å². The predicted molar refractivity (Wildman–Crippen MR) is 67.4 cm³/mol. The van der Waals surface area contributed by atoms with Crippen LogP contribution >= 0.6 is 0 Å². The van der Waals surface area contributed by atoms with E-state index in [0.29, 0.717) is 18.1 Å². The molecule has 4 nitrogen and oxygen atoms in total. The summed E-state index contributed by atoms with van der Waals surface area (Å²) in [7, 11) is -2.75. The summed E-state index contributed by atoms with van der Waals surface area (Å²) in [5.41, 5.74) is 2.01. The molecule has 5 heteroatoms. The molecule has 94 valence electrons. The highest BCUT2D eigenvalue weighted by Gasteiger charge is 2.27. The lowest BCUT2D eigenvalue weighted by Gasteiger charge is -2.09. The molecule has 0 saturated carbocycles. The van der Waals surface area contributed by atoms with Crippen molar-refractivity contribution >= 4 is 9.84 Å². The molecule has 0 bridgehead atoms. The van der Waals surface area contributed by atoms with Crippen molar-refractivity contribution in [3.8, 4) is 0 Å². The molecule has 1 aromatic rings. The number of pyridine rings is 1. The molecular formula is C12H18N2O2S. The molecule has 0 aromatic carbocycles. The minimum absolute atomic E-state index is 0.268. The average molecular weight is 254 g/mol. The Hall–Kier alpha value is -0.940. The molecule has 2 heterocycles. The third-order valence-electron chi connectivity index (χ3n) is 3.01. The monoisotopic (exact) mass is 254 g/mol. The van der Waals surface area contributed by atoms with E-state index in [4.69, 9.17) is 0 Å². The SMILES string of the molecule is Cc1cccc(CNCC2CCS(=O)(=O)C2)n1. The topological polar surface area (TPSA) is 59.1 Å². The van der Waals surface area contributed by atoms with Gasteiger partial charge >= 0.3 is 0 Å². The second-order valence-electron chi connectivity index (χ2n) is 4.67. The van der Waals surface area contributed by atoms with E-state index < -0.39 is 9.84 Å². The van der Waals surface area contributed by atoms with Crippen molar-refractivity contribution in [2.45, 2.75) is 19.9 Å². The maximum absolute atomic E-state index is 11.3. The fourth-order valence-electron chi connectivity index (χ4n) is 2.14. The van der Waals surface area contributed by atoms with Gasteiger partial charge in [-0.15, -0.1) is 0 Å². The van der Waals surface area contributed by atoms with Crippen LogP contribution < -0.4 is 5.32 Å². The van der Waals surface area contributed by atoms with E-state index in [1.54, 1.807) is 0 Å². The van der Waals surface area contributed by atoms with Crippen LogP contribution in [0.5, 0.6) is 0 Å². The molecule has 1 N–H and O–H groups in total. The van der Waals surface area contributed by atoms with Crippen LogP contribution in [0.1, 0.15) is 17.8 Å². The lowest BCUT2D eigenvalue weighted by atomic mass is 10.1. The lowest BCUT2D eigenvalue weighted by molar-refractivity contribution is 0.517. The summed E-state index contributed by atoms with van der Waals surface area (Å²) >= 11 is 0. The highest BCUT2D eigenvalue weighted by atomic mass is 32.2. The number of hydrogen-bond acceptors (Lipinski definition) is 4. The molecule has 1 aliphatic heterocycles. The summed E-state index contributed by atoms with van der Waals surface area (Å²) in [6, 6.07) is 5.93. The average Bonchev–Trinajstić information content (AvgIpc) is 2.58. The number of nitrogens with one attached hydrogen (secondary N) is 1. The standard InChI is InChI=1S/C12H18N2O2S/c1-10-3-2-4-12(14-10)8-13-7-11-5-6-17(15,16)9-11/h2-4,11,13H,5-9H2,1H3. The number of rotatable bonds is 4. The zero-order chi connectivity index (χ0) is 12.3. The van der Waals surface area contributed by atoms with Crippen LogP contribution in [0, 0.1) is 12.8 Å². The highest BCUT2D eigenvalue weighted by molar-refractivity contribution is 7.91. The van der Waals surface area contributed by atoms with Gasteiger partial charge in [-0.3, -0.25) is 4.98 Å². The zero-order valence-corrected chi connectivity index (χ0v) is 10.8. The van der Waals surface area contributed by atoms with Crippen LogP contribution in [0.15, 0.2) is 18.2 Å². The Labute approximate surface area is 102 Å². The van der Waals surface area contributed by atoms with Gasteiger partial charge in [0.25, 0.3) is 0 Å². The van der Waals surface area contributed by atoms with Crippen LogP contribution in [0.3, 0.4) is 0 Å². The summed E-state index contributed by atoms with van der Waals surface area (Å²) in [6.07, 6.45) is 0.788. The normalized spacial score (nSPS) is 22.8. The smallest absolute Gasteiger partial charge is 0.150 e. The Kier molecular flexibility index (Phi) is 3.79. The van der Waals surface area contributed by atoms with Crippen molar-refractivity contribution in [3.63, 3.8) is 0 Å². The Bertz CT molecular complexity index is 485. The number of hydrogen-bond donors (Lipinski definition) is 1. The molecule has 0 amide bonds. The first-order valence-corrected chi connectivity index (χ1v) is 7.71. The van der Waals surface area contributed by atoms with Gasteiger partial charge in [-0.2, -0.15) is 0 Å². The summed E-state index contributed by atoms with van der Waals surface area (Å²) < 4.78 is 22.6. The van der Waals surface area contributed by atoms with Gasteiger partial charge in [0.05, 0.1) is 17.2 Å². The van der Waals surface area contributed by atoms with Gasteiger partial charge in [0.15, 0.2) is 9.84 Å². The van der Waals surface area contributed by atoms with E-state index >= 15 is 0 Å². The Morgan fingerprint density at radius 2 is 2.29 bits per heavy atom. The van der Waals surface area contributed by atoms with Crippen LogP contribution in [0.25, 0.3) is 0 Å². The quantitative estimate of drug-likeness (QED) is 0.868. The molecular weight excluding hydrogens is 236 g/mol. The van der Waals surface area contributed by atoms with Crippen LogP contribution in [-0.4, -0.2) is 31.5 Å². The predicted octanol–water partition coefficient (Wildman–Crippen LogP) is 0.914. The molecule has 0 aliphatic carbocycles. The number of sulfone groups is 1. The molecule has 2 rings (SSSR count). The largest absolute Gasteiger partial charge is 0.311 e. The maximum atomic E-state index is 11.3. The summed E-state index contributed by atoms with van der Waals surface area (Å²) in [6.45, 7) is 3.43. The van der Waals surface area contributed by atoms with Crippen molar-refractivity contribution in [1.29, 1.82) is 0 Å². The first kappa shape index (κ1) is 12.5. The van der Waals surface area contributed by atoms with Crippen LogP contribution in [-0.2, 0) is 16.4 Å². The van der Waals surface area contributed by atoms with Gasteiger partial charge in [0.1, 0.15) is 0 Å². The molecule has 1 unspecified atom stereocenters. The van der Waals surface area contributed by atoms with E-state index in [-0.39, 0.29) is 5.92 Å². The minimum Gasteiger partial charge on any atom is -0.311 e. The van der Waals surface area contributed by atoms with Gasteiger partial charge in [-0.25, -0.2) is 8.42 Å². The molecule has 1 aliphatic rings. The van der Waals surface area contributed by atoms with Crippen molar-refractivity contribution < 1.29 is 8.42 Å². The Balaban J connectivity index is 1.77. The van der Waals surface area contributed by atoms with Gasteiger partial charge < -0.3 is 5.32 Å². The van der Waals surface area contributed by atoms with Crippen molar-refractivity contribution in [1.82, 2.24) is 10.3 Å². The fourth-order valence-corrected chi connectivity index (χ4v) is 4.00. The van der Waals surface area contributed by atoms with E-state index in [0.717, 1.165) is 24.4 Å². The van der Waals surface area contributed by atoms with E-state index in [2.05, 4.69) is 10.3 Å². The van der Waals surface area contributed by atoms with Gasteiger partial charge in [0.2, 0.25) is 0 Å².